The van der Waals surface area contributed by atoms with Gasteiger partial charge in [0.1, 0.15) is 6.61 Å². The lowest BCUT2D eigenvalue weighted by Crippen LogP contribution is -2.15. The number of amides is 1. The summed E-state index contributed by atoms with van der Waals surface area (Å²) in [5.41, 5.74) is 1.19. The molecule has 0 saturated carbocycles. The van der Waals surface area contributed by atoms with E-state index in [4.69, 9.17) is 16.3 Å². The van der Waals surface area contributed by atoms with Crippen molar-refractivity contribution in [1.29, 1.82) is 0 Å². The number of anilines is 1. The number of nitrogens with zero attached hydrogens (tertiary/aromatic N) is 1. The van der Waals surface area contributed by atoms with E-state index < -0.39 is 12.1 Å². The van der Waals surface area contributed by atoms with Crippen LogP contribution in [-0.2, 0) is 16.1 Å². The van der Waals surface area contributed by atoms with Crippen LogP contribution < -0.4 is 5.32 Å². The number of pyridine rings is 1. The molecule has 0 bridgehead atoms. The predicted octanol–water partition coefficient (Wildman–Crippen LogP) is 3.27. The first-order valence-electron chi connectivity index (χ1n) is 6.31. The molecule has 2 aromatic rings. The summed E-state index contributed by atoms with van der Waals surface area (Å²) in [5.74, 6) is -0.579. The van der Waals surface area contributed by atoms with Crippen molar-refractivity contribution < 1.29 is 19.1 Å². The van der Waals surface area contributed by atoms with Crippen LogP contribution in [0.5, 0.6) is 0 Å². The Kier molecular flexibility index (Phi) is 5.32. The molecular formula is C15H13ClN2O4. The van der Waals surface area contributed by atoms with Gasteiger partial charge >= 0.3 is 12.1 Å². The van der Waals surface area contributed by atoms with Gasteiger partial charge in [-0.15, -0.1) is 0 Å². The van der Waals surface area contributed by atoms with Gasteiger partial charge in [0.2, 0.25) is 0 Å². The van der Waals surface area contributed by atoms with E-state index in [0.717, 1.165) is 5.56 Å². The van der Waals surface area contributed by atoms with E-state index in [9.17, 15) is 9.59 Å². The summed E-state index contributed by atoms with van der Waals surface area (Å²) in [6.07, 6.45) is 0.559. The smallest absolute Gasteiger partial charge is 0.412 e. The second kappa shape index (κ2) is 7.42. The molecule has 1 aromatic heterocycles. The molecule has 0 fully saturated rings. The highest BCUT2D eigenvalue weighted by Gasteiger charge is 2.13. The van der Waals surface area contributed by atoms with Gasteiger partial charge in [0.15, 0.2) is 5.15 Å². The van der Waals surface area contributed by atoms with Crippen LogP contribution in [0.3, 0.4) is 0 Å². The molecule has 1 N–H and O–H groups in total. The molecule has 0 aliphatic heterocycles. The van der Waals surface area contributed by atoms with Crippen molar-refractivity contribution in [3.63, 3.8) is 0 Å². The first-order chi connectivity index (χ1) is 10.6. The molecule has 0 atom stereocenters. The van der Waals surface area contributed by atoms with Crippen molar-refractivity contribution in [3.8, 4) is 0 Å². The van der Waals surface area contributed by atoms with Crippen molar-refractivity contribution in [2.24, 2.45) is 0 Å². The number of aromatic nitrogens is 1. The van der Waals surface area contributed by atoms with Crippen molar-refractivity contribution in [3.05, 3.63) is 58.9 Å². The van der Waals surface area contributed by atoms with Gasteiger partial charge in [0, 0.05) is 6.20 Å². The highest BCUT2D eigenvalue weighted by atomic mass is 35.5. The van der Waals surface area contributed by atoms with Crippen LogP contribution in [0.4, 0.5) is 10.5 Å². The third-order valence-electron chi connectivity index (χ3n) is 2.71. The Morgan fingerprint density at radius 3 is 2.68 bits per heavy atom. The average Bonchev–Trinajstić information content (AvgIpc) is 2.55. The van der Waals surface area contributed by atoms with Gasteiger partial charge in [-0.25, -0.2) is 14.6 Å². The van der Waals surface area contributed by atoms with Crippen LogP contribution in [0.2, 0.25) is 5.15 Å². The van der Waals surface area contributed by atoms with Crippen LogP contribution in [0, 0.1) is 0 Å². The first-order valence-corrected chi connectivity index (χ1v) is 6.69. The Labute approximate surface area is 132 Å². The minimum Gasteiger partial charge on any atom is -0.465 e. The first kappa shape index (κ1) is 15.8. The minimum atomic E-state index is -0.699. The molecule has 0 unspecified atom stereocenters. The third kappa shape index (κ3) is 4.20. The molecule has 1 heterocycles. The number of carbonyl (C=O) groups excluding carboxylic acids is 2. The van der Waals surface area contributed by atoms with Gasteiger partial charge in [-0.2, -0.15) is 0 Å². The minimum absolute atomic E-state index is 0.0457. The number of hydrogen-bond donors (Lipinski definition) is 1. The molecular weight excluding hydrogens is 308 g/mol. The molecule has 114 valence electrons. The summed E-state index contributed by atoms with van der Waals surface area (Å²) < 4.78 is 9.64. The predicted molar refractivity (Wildman–Crippen MR) is 80.8 cm³/mol. The quantitative estimate of drug-likeness (QED) is 0.691. The monoisotopic (exact) mass is 320 g/mol. The number of ether oxygens (including phenoxy) is 2. The standard InChI is InChI=1S/C15H13ClN2O4/c1-21-14(19)11-7-12(13(16)17-8-11)18-15(20)22-9-10-5-3-2-4-6-10/h2-8H,9H2,1H3,(H,18,20). The van der Waals surface area contributed by atoms with E-state index >= 15 is 0 Å². The largest absolute Gasteiger partial charge is 0.465 e. The molecule has 7 heteroatoms. The molecule has 22 heavy (non-hydrogen) atoms. The van der Waals surface area contributed by atoms with E-state index in [-0.39, 0.29) is 23.0 Å². The van der Waals surface area contributed by atoms with Gasteiger partial charge in [-0.3, -0.25) is 5.32 Å². The van der Waals surface area contributed by atoms with Crippen molar-refractivity contribution >= 4 is 29.4 Å². The Morgan fingerprint density at radius 1 is 1.27 bits per heavy atom. The second-order valence-electron chi connectivity index (χ2n) is 4.24. The zero-order valence-electron chi connectivity index (χ0n) is 11.7. The molecule has 0 saturated heterocycles. The Hall–Kier alpha value is -2.60. The van der Waals surface area contributed by atoms with E-state index in [1.165, 1.54) is 19.4 Å². The van der Waals surface area contributed by atoms with Gasteiger partial charge in [0.05, 0.1) is 18.4 Å². The normalized spacial score (nSPS) is 9.91. The van der Waals surface area contributed by atoms with Gasteiger partial charge in [-0.05, 0) is 11.6 Å². The zero-order chi connectivity index (χ0) is 15.9. The molecule has 0 radical (unpaired) electrons. The molecule has 2 rings (SSSR count). The van der Waals surface area contributed by atoms with Crippen LogP contribution in [0.1, 0.15) is 15.9 Å². The Morgan fingerprint density at radius 2 is 2.00 bits per heavy atom. The van der Waals surface area contributed by atoms with E-state index in [1.54, 1.807) is 0 Å². The van der Waals surface area contributed by atoms with Crippen LogP contribution in [0.15, 0.2) is 42.6 Å². The van der Waals surface area contributed by atoms with Gasteiger partial charge < -0.3 is 9.47 Å². The lowest BCUT2D eigenvalue weighted by atomic mass is 10.2. The number of rotatable bonds is 4. The molecule has 1 amide bonds. The average molecular weight is 321 g/mol. The van der Waals surface area contributed by atoms with E-state index in [1.807, 2.05) is 30.3 Å². The fraction of sp³-hybridized carbons (Fsp3) is 0.133. The molecule has 1 aromatic carbocycles. The Balaban J connectivity index is 2.00. The van der Waals surface area contributed by atoms with Crippen molar-refractivity contribution in [2.75, 3.05) is 12.4 Å². The summed E-state index contributed by atoms with van der Waals surface area (Å²) in [6.45, 7) is 0.119. The summed E-state index contributed by atoms with van der Waals surface area (Å²) in [6, 6.07) is 10.6. The number of benzene rings is 1. The second-order valence-corrected chi connectivity index (χ2v) is 4.60. The molecule has 6 nitrogen and oxygen atoms in total. The highest BCUT2D eigenvalue weighted by molar-refractivity contribution is 6.32. The van der Waals surface area contributed by atoms with Crippen LogP contribution >= 0.6 is 11.6 Å². The number of halogens is 1. The molecule has 0 spiro atoms. The fourth-order valence-electron chi connectivity index (χ4n) is 1.63. The van der Waals surface area contributed by atoms with Gasteiger partial charge in [-0.1, -0.05) is 41.9 Å². The van der Waals surface area contributed by atoms with Gasteiger partial charge in [0.25, 0.3) is 0 Å². The number of esters is 1. The summed E-state index contributed by atoms with van der Waals surface area (Å²) in [4.78, 5) is 27.0. The maximum absolute atomic E-state index is 11.8. The number of methoxy groups -OCH3 is 1. The summed E-state index contributed by atoms with van der Waals surface area (Å²) in [5, 5.41) is 2.48. The van der Waals surface area contributed by atoms with Crippen molar-refractivity contribution in [2.45, 2.75) is 6.61 Å². The zero-order valence-corrected chi connectivity index (χ0v) is 12.5. The maximum Gasteiger partial charge on any atom is 0.412 e. The third-order valence-corrected chi connectivity index (χ3v) is 3.01. The summed E-state index contributed by atoms with van der Waals surface area (Å²) >= 11 is 5.87. The number of hydrogen-bond acceptors (Lipinski definition) is 5. The lowest BCUT2D eigenvalue weighted by Gasteiger charge is -2.09. The number of nitrogens with one attached hydrogen (secondary N) is 1. The maximum atomic E-state index is 11.8. The SMILES string of the molecule is COC(=O)c1cnc(Cl)c(NC(=O)OCc2ccccc2)c1. The molecule has 0 aliphatic rings. The topological polar surface area (TPSA) is 77.5 Å². The van der Waals surface area contributed by atoms with E-state index in [2.05, 4.69) is 15.0 Å². The highest BCUT2D eigenvalue weighted by Crippen LogP contribution is 2.21. The van der Waals surface area contributed by atoms with Crippen molar-refractivity contribution in [1.82, 2.24) is 4.98 Å². The van der Waals surface area contributed by atoms with E-state index in [0.29, 0.717) is 0 Å². The fourth-order valence-corrected chi connectivity index (χ4v) is 1.78. The van der Waals surface area contributed by atoms with Crippen LogP contribution in [0.25, 0.3) is 0 Å². The van der Waals surface area contributed by atoms with Crippen LogP contribution in [-0.4, -0.2) is 24.2 Å². The lowest BCUT2D eigenvalue weighted by molar-refractivity contribution is 0.0600. The Bertz CT molecular complexity index is 676. The molecule has 0 aliphatic carbocycles. The number of carbonyl (C=O) groups is 2. The summed E-state index contributed by atoms with van der Waals surface area (Å²) in [7, 11) is 1.25.